The molecule has 0 aliphatic heterocycles. The van der Waals surface area contributed by atoms with E-state index in [4.69, 9.17) is 11.6 Å². The molecule has 0 heterocycles. The fraction of sp³-hybridized carbons (Fsp3) is 0.250. The van der Waals surface area contributed by atoms with Crippen molar-refractivity contribution in [1.29, 1.82) is 0 Å². The quantitative estimate of drug-likeness (QED) is 0.792. The summed E-state index contributed by atoms with van der Waals surface area (Å²) in [6.45, 7) is 4.02. The van der Waals surface area contributed by atoms with E-state index in [2.05, 4.69) is 49.2 Å². The van der Waals surface area contributed by atoms with Gasteiger partial charge in [0.2, 0.25) is 0 Å². The minimum atomic E-state index is 0.803. The number of hydrogen-bond donors (Lipinski definition) is 0. The molecule has 2 aromatic rings. The first-order chi connectivity index (χ1) is 8.65. The lowest BCUT2D eigenvalue weighted by atomic mass is 10.1. The van der Waals surface area contributed by atoms with Crippen molar-refractivity contribution in [2.24, 2.45) is 0 Å². The third-order valence-electron chi connectivity index (χ3n) is 3.04. The summed E-state index contributed by atoms with van der Waals surface area (Å²) < 4.78 is 0. The van der Waals surface area contributed by atoms with Crippen molar-refractivity contribution < 1.29 is 0 Å². The summed E-state index contributed by atoms with van der Waals surface area (Å²) in [4.78, 5) is 2.30. The Balaban J connectivity index is 2.01. The van der Waals surface area contributed by atoms with E-state index in [0.717, 1.165) is 18.1 Å². The van der Waals surface area contributed by atoms with Gasteiger partial charge in [0.1, 0.15) is 0 Å². The third kappa shape index (κ3) is 3.59. The summed E-state index contributed by atoms with van der Waals surface area (Å²) in [6.07, 6.45) is 0. The normalized spacial score (nSPS) is 10.9. The molecule has 0 spiro atoms. The molecule has 94 valence electrons. The summed E-state index contributed by atoms with van der Waals surface area (Å²) >= 11 is 6.00. The van der Waals surface area contributed by atoms with Crippen LogP contribution in [0, 0.1) is 6.92 Å². The van der Waals surface area contributed by atoms with E-state index in [1.54, 1.807) is 0 Å². The number of halogens is 1. The predicted octanol–water partition coefficient (Wildman–Crippen LogP) is 4.28. The Morgan fingerprint density at radius 1 is 1.00 bits per heavy atom. The average molecular weight is 260 g/mol. The number of aryl methyl sites for hydroxylation is 1. The van der Waals surface area contributed by atoms with Crippen LogP contribution in [-0.2, 0) is 13.1 Å². The Hall–Kier alpha value is -1.31. The Kier molecular flexibility index (Phi) is 4.40. The molecule has 2 aromatic carbocycles. The van der Waals surface area contributed by atoms with Crippen molar-refractivity contribution in [3.63, 3.8) is 0 Å². The van der Waals surface area contributed by atoms with Gasteiger partial charge in [0.15, 0.2) is 0 Å². The van der Waals surface area contributed by atoms with Gasteiger partial charge >= 0.3 is 0 Å². The highest BCUT2D eigenvalue weighted by Gasteiger charge is 2.04. The second-order valence-corrected chi connectivity index (χ2v) is 5.17. The van der Waals surface area contributed by atoms with Gasteiger partial charge in [-0.15, -0.1) is 0 Å². The van der Waals surface area contributed by atoms with Crippen LogP contribution in [0.15, 0.2) is 48.5 Å². The van der Waals surface area contributed by atoms with Gasteiger partial charge in [-0.25, -0.2) is 0 Å². The van der Waals surface area contributed by atoms with Crippen LogP contribution in [0.2, 0.25) is 5.02 Å². The minimum Gasteiger partial charge on any atom is -0.298 e. The van der Waals surface area contributed by atoms with Gasteiger partial charge in [0.05, 0.1) is 0 Å². The zero-order valence-corrected chi connectivity index (χ0v) is 11.6. The van der Waals surface area contributed by atoms with Gasteiger partial charge < -0.3 is 0 Å². The Morgan fingerprint density at radius 3 is 2.50 bits per heavy atom. The first kappa shape index (κ1) is 13.1. The van der Waals surface area contributed by atoms with Crippen molar-refractivity contribution in [2.45, 2.75) is 20.0 Å². The molecule has 0 aromatic heterocycles. The molecule has 0 unspecified atom stereocenters. The van der Waals surface area contributed by atoms with Crippen LogP contribution in [0.25, 0.3) is 0 Å². The first-order valence-electron chi connectivity index (χ1n) is 6.12. The van der Waals surface area contributed by atoms with Crippen LogP contribution in [-0.4, -0.2) is 11.9 Å². The largest absolute Gasteiger partial charge is 0.298 e. The van der Waals surface area contributed by atoms with Crippen molar-refractivity contribution in [3.8, 4) is 0 Å². The summed E-state index contributed by atoms with van der Waals surface area (Å²) in [5.41, 5.74) is 3.97. The number of rotatable bonds is 4. The van der Waals surface area contributed by atoms with E-state index in [-0.39, 0.29) is 0 Å². The van der Waals surface area contributed by atoms with Crippen molar-refractivity contribution in [1.82, 2.24) is 4.90 Å². The zero-order valence-electron chi connectivity index (χ0n) is 10.9. The minimum absolute atomic E-state index is 0.803. The second kappa shape index (κ2) is 6.03. The van der Waals surface area contributed by atoms with Crippen molar-refractivity contribution in [3.05, 3.63) is 70.2 Å². The Morgan fingerprint density at radius 2 is 1.78 bits per heavy atom. The van der Waals surface area contributed by atoms with E-state index in [1.807, 2.05) is 18.2 Å². The molecule has 0 aliphatic carbocycles. The van der Waals surface area contributed by atoms with Crippen molar-refractivity contribution in [2.75, 3.05) is 7.05 Å². The zero-order chi connectivity index (χ0) is 13.0. The van der Waals surface area contributed by atoms with Crippen LogP contribution in [0.4, 0.5) is 0 Å². The maximum atomic E-state index is 6.00. The number of benzene rings is 2. The van der Waals surface area contributed by atoms with Crippen LogP contribution in [0.1, 0.15) is 16.7 Å². The molecular formula is C16H18ClN. The first-order valence-corrected chi connectivity index (χ1v) is 6.50. The third-order valence-corrected chi connectivity index (χ3v) is 3.28. The topological polar surface area (TPSA) is 3.24 Å². The molecule has 0 fully saturated rings. The second-order valence-electron chi connectivity index (χ2n) is 4.73. The lowest BCUT2D eigenvalue weighted by Gasteiger charge is -2.18. The summed E-state index contributed by atoms with van der Waals surface area (Å²) in [7, 11) is 2.13. The van der Waals surface area contributed by atoms with Crippen LogP contribution < -0.4 is 0 Å². The molecule has 0 atom stereocenters. The average Bonchev–Trinajstić information content (AvgIpc) is 2.32. The maximum absolute atomic E-state index is 6.00. The lowest BCUT2D eigenvalue weighted by molar-refractivity contribution is 0.318. The smallest absolute Gasteiger partial charge is 0.0409 e. The molecule has 0 radical (unpaired) electrons. The Labute approximate surface area is 114 Å². The molecule has 0 aliphatic rings. The monoisotopic (exact) mass is 259 g/mol. The molecule has 0 saturated heterocycles. The fourth-order valence-electron chi connectivity index (χ4n) is 2.08. The molecule has 2 rings (SSSR count). The highest BCUT2D eigenvalue weighted by molar-refractivity contribution is 6.30. The van der Waals surface area contributed by atoms with E-state index < -0.39 is 0 Å². The van der Waals surface area contributed by atoms with Crippen LogP contribution >= 0.6 is 11.6 Å². The van der Waals surface area contributed by atoms with Gasteiger partial charge in [-0.05, 0) is 42.8 Å². The highest BCUT2D eigenvalue weighted by atomic mass is 35.5. The lowest BCUT2D eigenvalue weighted by Crippen LogP contribution is -2.17. The summed E-state index contributed by atoms with van der Waals surface area (Å²) in [5.74, 6) is 0. The van der Waals surface area contributed by atoms with E-state index in [9.17, 15) is 0 Å². The molecule has 0 saturated carbocycles. The van der Waals surface area contributed by atoms with Crippen LogP contribution in [0.5, 0.6) is 0 Å². The molecule has 0 amide bonds. The van der Waals surface area contributed by atoms with Crippen molar-refractivity contribution >= 4 is 11.6 Å². The summed E-state index contributed by atoms with van der Waals surface area (Å²) in [6, 6.07) is 16.6. The molecule has 18 heavy (non-hydrogen) atoms. The molecule has 2 heteroatoms. The summed E-state index contributed by atoms with van der Waals surface area (Å²) in [5, 5.41) is 0.803. The van der Waals surface area contributed by atoms with Crippen LogP contribution in [0.3, 0.4) is 0 Å². The van der Waals surface area contributed by atoms with E-state index >= 15 is 0 Å². The predicted molar refractivity (Wildman–Crippen MR) is 77.8 cm³/mol. The fourth-order valence-corrected chi connectivity index (χ4v) is 2.29. The van der Waals surface area contributed by atoms with Gasteiger partial charge in [-0.1, -0.05) is 48.0 Å². The standard InChI is InChI=1S/C16H18ClN/c1-13-6-3-4-8-15(13)12-18(2)11-14-7-5-9-16(17)10-14/h3-10H,11-12H2,1-2H3. The molecule has 0 bridgehead atoms. The van der Waals surface area contributed by atoms with E-state index in [1.165, 1.54) is 16.7 Å². The van der Waals surface area contributed by atoms with E-state index in [0.29, 0.717) is 0 Å². The highest BCUT2D eigenvalue weighted by Crippen LogP contribution is 2.14. The molecule has 1 nitrogen and oxygen atoms in total. The molecule has 0 N–H and O–H groups in total. The number of hydrogen-bond acceptors (Lipinski definition) is 1. The molecular weight excluding hydrogens is 242 g/mol. The van der Waals surface area contributed by atoms with Gasteiger partial charge in [-0.3, -0.25) is 4.90 Å². The SMILES string of the molecule is Cc1ccccc1CN(C)Cc1cccc(Cl)c1. The van der Waals surface area contributed by atoms with Gasteiger partial charge in [-0.2, -0.15) is 0 Å². The van der Waals surface area contributed by atoms with Gasteiger partial charge in [0, 0.05) is 18.1 Å². The number of nitrogens with zero attached hydrogens (tertiary/aromatic N) is 1. The Bertz CT molecular complexity index is 522. The maximum Gasteiger partial charge on any atom is 0.0409 e. The van der Waals surface area contributed by atoms with Gasteiger partial charge in [0.25, 0.3) is 0 Å².